The highest BCUT2D eigenvalue weighted by Gasteiger charge is 2.32. The number of para-hydroxylation sites is 1. The van der Waals surface area contributed by atoms with Crippen LogP contribution in [0.25, 0.3) is 0 Å². The molecule has 3 amide bonds. The van der Waals surface area contributed by atoms with E-state index in [9.17, 15) is 9.59 Å². The summed E-state index contributed by atoms with van der Waals surface area (Å²) in [5.41, 5.74) is 0.768. The molecule has 25 heavy (non-hydrogen) atoms. The van der Waals surface area contributed by atoms with Crippen molar-refractivity contribution < 1.29 is 9.59 Å². The molecular formula is C19H28N4O2. The summed E-state index contributed by atoms with van der Waals surface area (Å²) in [7, 11) is 0. The van der Waals surface area contributed by atoms with Gasteiger partial charge in [-0.15, -0.1) is 0 Å². The molecule has 2 aliphatic rings. The molecule has 0 radical (unpaired) electrons. The molecule has 2 saturated heterocycles. The molecule has 136 valence electrons. The van der Waals surface area contributed by atoms with Crippen LogP contribution in [0.5, 0.6) is 0 Å². The number of carbonyl (C=O) groups excluding carboxylic acids is 2. The lowest BCUT2D eigenvalue weighted by Gasteiger charge is -2.38. The van der Waals surface area contributed by atoms with Crippen LogP contribution in [0.1, 0.15) is 32.1 Å². The Bertz CT molecular complexity index is 572. The average molecular weight is 344 g/mol. The topological polar surface area (TPSA) is 73.5 Å². The van der Waals surface area contributed by atoms with Crippen LogP contribution in [0.3, 0.4) is 0 Å². The number of nitrogens with zero attached hydrogens (tertiary/aromatic N) is 1. The summed E-state index contributed by atoms with van der Waals surface area (Å²) in [6.45, 7) is 3.10. The van der Waals surface area contributed by atoms with Crippen LogP contribution >= 0.6 is 0 Å². The Kier molecular flexibility index (Phi) is 6.28. The van der Waals surface area contributed by atoms with E-state index in [4.69, 9.17) is 0 Å². The van der Waals surface area contributed by atoms with Crippen molar-refractivity contribution in [2.45, 2.75) is 38.1 Å². The van der Waals surface area contributed by atoms with Gasteiger partial charge in [-0.25, -0.2) is 4.79 Å². The number of rotatable bonds is 4. The number of anilines is 1. The molecule has 2 fully saturated rings. The van der Waals surface area contributed by atoms with Gasteiger partial charge >= 0.3 is 6.03 Å². The van der Waals surface area contributed by atoms with Gasteiger partial charge < -0.3 is 20.9 Å². The van der Waals surface area contributed by atoms with Crippen molar-refractivity contribution in [1.82, 2.24) is 15.5 Å². The number of amides is 3. The van der Waals surface area contributed by atoms with E-state index >= 15 is 0 Å². The van der Waals surface area contributed by atoms with Gasteiger partial charge in [0.2, 0.25) is 5.91 Å². The first-order chi connectivity index (χ1) is 12.2. The fourth-order valence-electron chi connectivity index (χ4n) is 3.71. The van der Waals surface area contributed by atoms with Crippen LogP contribution in [0.15, 0.2) is 30.3 Å². The van der Waals surface area contributed by atoms with E-state index in [0.717, 1.165) is 57.4 Å². The second-order valence-electron chi connectivity index (χ2n) is 6.93. The summed E-state index contributed by atoms with van der Waals surface area (Å²) in [6.07, 6.45) is 5.15. The minimum absolute atomic E-state index is 0.0903. The first-order valence-electron chi connectivity index (χ1n) is 9.35. The SMILES string of the molecule is O=C(NCC1CCCCN1C(=O)C1CCCNC1)Nc1ccccc1. The van der Waals surface area contributed by atoms with Crippen LogP contribution in [-0.2, 0) is 4.79 Å². The summed E-state index contributed by atoms with van der Waals surface area (Å²) >= 11 is 0. The van der Waals surface area contributed by atoms with Crippen molar-refractivity contribution in [2.75, 3.05) is 31.5 Å². The number of piperidine rings is 2. The number of hydrogen-bond donors (Lipinski definition) is 3. The summed E-state index contributed by atoms with van der Waals surface area (Å²) < 4.78 is 0. The summed E-state index contributed by atoms with van der Waals surface area (Å²) in [6, 6.07) is 9.27. The van der Waals surface area contributed by atoms with Crippen LogP contribution < -0.4 is 16.0 Å². The molecule has 3 rings (SSSR count). The Balaban J connectivity index is 1.52. The van der Waals surface area contributed by atoms with Gasteiger partial charge in [0.1, 0.15) is 0 Å². The van der Waals surface area contributed by atoms with E-state index < -0.39 is 0 Å². The molecule has 2 atom stereocenters. The lowest BCUT2D eigenvalue weighted by molar-refractivity contribution is -0.139. The van der Waals surface area contributed by atoms with E-state index in [1.807, 2.05) is 35.2 Å². The van der Waals surface area contributed by atoms with Gasteiger partial charge in [0, 0.05) is 31.4 Å². The predicted octanol–water partition coefficient (Wildman–Crippen LogP) is 2.19. The quantitative estimate of drug-likeness (QED) is 0.784. The molecule has 0 saturated carbocycles. The Morgan fingerprint density at radius 2 is 1.96 bits per heavy atom. The molecule has 2 heterocycles. The molecule has 1 aromatic rings. The molecule has 6 nitrogen and oxygen atoms in total. The molecule has 6 heteroatoms. The van der Waals surface area contributed by atoms with Crippen molar-refractivity contribution in [2.24, 2.45) is 5.92 Å². The van der Waals surface area contributed by atoms with Crippen LogP contribution in [0, 0.1) is 5.92 Å². The minimum atomic E-state index is -0.219. The largest absolute Gasteiger partial charge is 0.338 e. The lowest BCUT2D eigenvalue weighted by atomic mass is 9.94. The van der Waals surface area contributed by atoms with Crippen molar-refractivity contribution in [3.8, 4) is 0 Å². The van der Waals surface area contributed by atoms with E-state index in [1.165, 1.54) is 0 Å². The van der Waals surface area contributed by atoms with Crippen LogP contribution in [0.4, 0.5) is 10.5 Å². The highest BCUT2D eigenvalue weighted by atomic mass is 16.2. The van der Waals surface area contributed by atoms with Gasteiger partial charge in [0.05, 0.1) is 5.92 Å². The van der Waals surface area contributed by atoms with E-state index in [0.29, 0.717) is 6.54 Å². The Morgan fingerprint density at radius 1 is 1.12 bits per heavy atom. The number of benzene rings is 1. The fraction of sp³-hybridized carbons (Fsp3) is 0.579. The van der Waals surface area contributed by atoms with E-state index in [1.54, 1.807) is 0 Å². The highest BCUT2D eigenvalue weighted by molar-refractivity contribution is 5.89. The molecule has 3 N–H and O–H groups in total. The standard InChI is InChI=1S/C19H28N4O2/c24-18(15-7-6-11-20-13-15)23-12-5-4-10-17(23)14-21-19(25)22-16-8-2-1-3-9-16/h1-3,8-9,15,17,20H,4-7,10-14H2,(H2,21,22,25). The maximum Gasteiger partial charge on any atom is 0.319 e. The zero-order valence-corrected chi connectivity index (χ0v) is 14.7. The summed E-state index contributed by atoms with van der Waals surface area (Å²) in [5.74, 6) is 0.342. The monoisotopic (exact) mass is 344 g/mol. The normalized spacial score (nSPS) is 23.8. The van der Waals surface area contributed by atoms with Gasteiger partial charge in [-0.1, -0.05) is 18.2 Å². The first kappa shape index (κ1) is 17.7. The van der Waals surface area contributed by atoms with Gasteiger partial charge in [0.15, 0.2) is 0 Å². The number of hydrogen-bond acceptors (Lipinski definition) is 3. The highest BCUT2D eigenvalue weighted by Crippen LogP contribution is 2.22. The summed E-state index contributed by atoms with van der Waals surface area (Å²) in [5, 5.41) is 9.07. The van der Waals surface area contributed by atoms with Crippen molar-refractivity contribution in [3.63, 3.8) is 0 Å². The Morgan fingerprint density at radius 3 is 2.72 bits per heavy atom. The first-order valence-corrected chi connectivity index (χ1v) is 9.35. The van der Waals surface area contributed by atoms with E-state index in [-0.39, 0.29) is 23.9 Å². The Hall–Kier alpha value is -2.08. The maximum atomic E-state index is 12.9. The van der Waals surface area contributed by atoms with Gasteiger partial charge in [-0.2, -0.15) is 0 Å². The third-order valence-corrected chi connectivity index (χ3v) is 5.09. The molecule has 2 aliphatic heterocycles. The average Bonchev–Trinajstić information content (AvgIpc) is 2.67. The maximum absolute atomic E-state index is 12.9. The lowest BCUT2D eigenvalue weighted by Crippen LogP contribution is -2.53. The minimum Gasteiger partial charge on any atom is -0.338 e. The molecule has 2 unspecified atom stereocenters. The molecule has 0 aliphatic carbocycles. The second kappa shape index (κ2) is 8.85. The molecular weight excluding hydrogens is 316 g/mol. The number of likely N-dealkylation sites (tertiary alicyclic amines) is 1. The zero-order chi connectivity index (χ0) is 17.5. The van der Waals surface area contributed by atoms with Gasteiger partial charge in [0.25, 0.3) is 0 Å². The molecule has 1 aromatic carbocycles. The van der Waals surface area contributed by atoms with Gasteiger partial charge in [-0.05, 0) is 50.8 Å². The number of carbonyl (C=O) groups is 2. The third-order valence-electron chi connectivity index (χ3n) is 5.09. The molecule has 0 aromatic heterocycles. The van der Waals surface area contributed by atoms with Crippen LogP contribution in [0.2, 0.25) is 0 Å². The van der Waals surface area contributed by atoms with Crippen LogP contribution in [-0.4, -0.2) is 49.1 Å². The fourth-order valence-corrected chi connectivity index (χ4v) is 3.71. The summed E-state index contributed by atoms with van der Waals surface area (Å²) in [4.78, 5) is 27.0. The molecule has 0 spiro atoms. The number of urea groups is 1. The smallest absolute Gasteiger partial charge is 0.319 e. The zero-order valence-electron chi connectivity index (χ0n) is 14.7. The number of nitrogens with one attached hydrogen (secondary N) is 3. The Labute approximate surface area is 149 Å². The van der Waals surface area contributed by atoms with Gasteiger partial charge in [-0.3, -0.25) is 4.79 Å². The van der Waals surface area contributed by atoms with Crippen molar-refractivity contribution in [1.29, 1.82) is 0 Å². The van der Waals surface area contributed by atoms with E-state index in [2.05, 4.69) is 16.0 Å². The molecule has 0 bridgehead atoms. The van der Waals surface area contributed by atoms with Crippen molar-refractivity contribution in [3.05, 3.63) is 30.3 Å². The van der Waals surface area contributed by atoms with Crippen molar-refractivity contribution >= 4 is 17.6 Å². The predicted molar refractivity (Wildman–Crippen MR) is 98.4 cm³/mol. The third kappa shape index (κ3) is 4.95. The second-order valence-corrected chi connectivity index (χ2v) is 6.93.